The maximum absolute atomic E-state index is 13.3. The van der Waals surface area contributed by atoms with Gasteiger partial charge in [-0.3, -0.25) is 0 Å². The fraction of sp³-hybridized carbons (Fsp3) is 0.562. The quantitative estimate of drug-likeness (QED) is 0.759. The summed E-state index contributed by atoms with van der Waals surface area (Å²) < 4.78 is 56.9. The van der Waals surface area contributed by atoms with E-state index in [2.05, 4.69) is 0 Å². The highest BCUT2D eigenvalue weighted by Gasteiger charge is 2.35. The number of nitrogens with zero attached hydrogens (tertiary/aromatic N) is 1. The van der Waals surface area contributed by atoms with Gasteiger partial charge in [-0.1, -0.05) is 0 Å². The molecule has 0 aromatic heterocycles. The lowest BCUT2D eigenvalue weighted by Gasteiger charge is -2.33. The van der Waals surface area contributed by atoms with Crippen LogP contribution in [0.5, 0.6) is 0 Å². The SMILES string of the molecule is CC(C)(C)OC(=O)N1CCC[C@H](S(=O)(=O)c2ccc(F)c(F)c2)C1. The Morgan fingerprint density at radius 2 is 1.92 bits per heavy atom. The van der Waals surface area contributed by atoms with Gasteiger partial charge in [0, 0.05) is 13.1 Å². The molecule has 1 aromatic rings. The van der Waals surface area contributed by atoms with Crippen LogP contribution in [0, 0.1) is 11.6 Å². The number of rotatable bonds is 2. The third kappa shape index (κ3) is 4.23. The number of hydrogen-bond acceptors (Lipinski definition) is 4. The van der Waals surface area contributed by atoms with Crippen molar-refractivity contribution in [1.29, 1.82) is 0 Å². The highest BCUT2D eigenvalue weighted by Crippen LogP contribution is 2.26. The maximum Gasteiger partial charge on any atom is 0.410 e. The largest absolute Gasteiger partial charge is 0.444 e. The van der Waals surface area contributed by atoms with Gasteiger partial charge < -0.3 is 9.64 Å². The number of ether oxygens (including phenoxy) is 1. The van der Waals surface area contributed by atoms with Gasteiger partial charge in [0.05, 0.1) is 10.1 Å². The van der Waals surface area contributed by atoms with Crippen LogP contribution in [0.3, 0.4) is 0 Å². The summed E-state index contributed by atoms with van der Waals surface area (Å²) in [5.41, 5.74) is -0.678. The zero-order chi connectivity index (χ0) is 18.1. The van der Waals surface area contributed by atoms with Gasteiger partial charge in [0.15, 0.2) is 21.5 Å². The molecule has 0 radical (unpaired) electrons. The van der Waals surface area contributed by atoms with E-state index in [0.29, 0.717) is 25.5 Å². The Kier molecular flexibility index (Phi) is 5.17. The van der Waals surface area contributed by atoms with E-state index in [1.807, 2.05) is 0 Å². The van der Waals surface area contributed by atoms with Crippen molar-refractivity contribution in [2.45, 2.75) is 49.4 Å². The predicted molar refractivity (Wildman–Crippen MR) is 84.4 cm³/mol. The van der Waals surface area contributed by atoms with Gasteiger partial charge in [0.1, 0.15) is 5.60 Å². The second-order valence-electron chi connectivity index (χ2n) is 6.81. The van der Waals surface area contributed by atoms with Crippen molar-refractivity contribution < 1.29 is 26.7 Å². The van der Waals surface area contributed by atoms with Crippen LogP contribution < -0.4 is 0 Å². The van der Waals surface area contributed by atoms with E-state index >= 15 is 0 Å². The van der Waals surface area contributed by atoms with E-state index in [-0.39, 0.29) is 11.4 Å². The van der Waals surface area contributed by atoms with Gasteiger partial charge in [-0.25, -0.2) is 22.0 Å². The summed E-state index contributed by atoms with van der Waals surface area (Å²) in [6, 6.07) is 2.51. The van der Waals surface area contributed by atoms with Crippen molar-refractivity contribution in [1.82, 2.24) is 4.90 Å². The molecular weight excluding hydrogens is 340 g/mol. The fourth-order valence-electron chi connectivity index (χ4n) is 2.53. The van der Waals surface area contributed by atoms with Gasteiger partial charge in [0.25, 0.3) is 0 Å². The maximum atomic E-state index is 13.3. The van der Waals surface area contributed by atoms with Crippen molar-refractivity contribution >= 4 is 15.9 Å². The molecule has 1 saturated heterocycles. The first-order valence-electron chi connectivity index (χ1n) is 7.67. The minimum Gasteiger partial charge on any atom is -0.444 e. The predicted octanol–water partition coefficient (Wildman–Crippen LogP) is 3.14. The van der Waals surface area contributed by atoms with Crippen LogP contribution in [-0.2, 0) is 14.6 Å². The monoisotopic (exact) mass is 361 g/mol. The molecule has 0 aliphatic carbocycles. The number of benzene rings is 1. The molecule has 1 fully saturated rings. The van der Waals surface area contributed by atoms with Crippen LogP contribution in [0.25, 0.3) is 0 Å². The Balaban J connectivity index is 2.18. The Bertz CT molecular complexity index is 728. The molecule has 0 N–H and O–H groups in total. The Morgan fingerprint density at radius 1 is 1.25 bits per heavy atom. The lowest BCUT2D eigenvalue weighted by atomic mass is 10.1. The number of carbonyl (C=O) groups is 1. The van der Waals surface area contributed by atoms with E-state index in [1.165, 1.54) is 4.90 Å². The molecule has 2 rings (SSSR count). The normalized spacial score (nSPS) is 19.2. The number of likely N-dealkylation sites (tertiary alicyclic amines) is 1. The summed E-state index contributed by atoms with van der Waals surface area (Å²) in [6.45, 7) is 5.55. The molecule has 1 aromatic carbocycles. The molecule has 134 valence electrons. The Labute approximate surface area is 140 Å². The average molecular weight is 361 g/mol. The van der Waals surface area contributed by atoms with E-state index < -0.39 is 38.4 Å². The summed E-state index contributed by atoms with van der Waals surface area (Å²) >= 11 is 0. The van der Waals surface area contributed by atoms with Gasteiger partial charge in [-0.05, 0) is 51.8 Å². The number of amides is 1. The summed E-state index contributed by atoms with van der Waals surface area (Å²) in [4.78, 5) is 13.2. The van der Waals surface area contributed by atoms with Crippen molar-refractivity contribution in [2.75, 3.05) is 13.1 Å². The molecule has 0 bridgehead atoms. The summed E-state index contributed by atoms with van der Waals surface area (Å²) in [6.07, 6.45) is 0.265. The summed E-state index contributed by atoms with van der Waals surface area (Å²) in [5.74, 6) is -2.32. The van der Waals surface area contributed by atoms with E-state index in [4.69, 9.17) is 4.74 Å². The number of sulfone groups is 1. The second kappa shape index (κ2) is 6.66. The first-order chi connectivity index (χ1) is 11.0. The summed E-state index contributed by atoms with van der Waals surface area (Å²) in [7, 11) is -3.87. The molecular formula is C16H21F2NO4S. The number of hydrogen-bond donors (Lipinski definition) is 0. The van der Waals surface area contributed by atoms with Gasteiger partial charge in [-0.15, -0.1) is 0 Å². The molecule has 5 nitrogen and oxygen atoms in total. The van der Waals surface area contributed by atoms with Crippen molar-refractivity contribution in [3.05, 3.63) is 29.8 Å². The number of halogens is 2. The lowest BCUT2D eigenvalue weighted by Crippen LogP contribution is -2.47. The van der Waals surface area contributed by atoms with E-state index in [9.17, 15) is 22.0 Å². The topological polar surface area (TPSA) is 63.7 Å². The minimum atomic E-state index is -3.87. The van der Waals surface area contributed by atoms with E-state index in [1.54, 1.807) is 20.8 Å². The number of carbonyl (C=O) groups excluding carboxylic acids is 1. The molecule has 0 spiro atoms. The van der Waals surface area contributed by atoms with Gasteiger partial charge in [-0.2, -0.15) is 0 Å². The van der Waals surface area contributed by atoms with Crippen LogP contribution in [0.1, 0.15) is 33.6 Å². The van der Waals surface area contributed by atoms with Gasteiger partial charge >= 0.3 is 6.09 Å². The standard InChI is InChI=1S/C16H21F2NO4S/c1-16(2,3)23-15(20)19-8-4-5-12(10-19)24(21,22)11-6-7-13(17)14(18)9-11/h6-7,9,12H,4-5,8,10H2,1-3H3/t12-/m0/s1. The zero-order valence-electron chi connectivity index (χ0n) is 13.9. The second-order valence-corrected chi connectivity index (χ2v) is 9.04. The molecule has 1 aliphatic heterocycles. The van der Waals surface area contributed by atoms with Crippen molar-refractivity contribution in [3.8, 4) is 0 Å². The molecule has 24 heavy (non-hydrogen) atoms. The number of piperidine rings is 1. The lowest BCUT2D eigenvalue weighted by molar-refractivity contribution is 0.0219. The molecule has 8 heteroatoms. The third-order valence-electron chi connectivity index (χ3n) is 3.69. The molecule has 1 aliphatic rings. The van der Waals surface area contributed by atoms with E-state index in [0.717, 1.165) is 12.1 Å². The van der Waals surface area contributed by atoms with Crippen molar-refractivity contribution in [3.63, 3.8) is 0 Å². The molecule has 0 unspecified atom stereocenters. The average Bonchev–Trinajstić information content (AvgIpc) is 2.48. The first kappa shape index (κ1) is 18.6. The smallest absolute Gasteiger partial charge is 0.410 e. The molecule has 1 atom stereocenters. The minimum absolute atomic E-state index is 0.0315. The van der Waals surface area contributed by atoms with Crippen LogP contribution in [-0.4, -0.2) is 43.4 Å². The van der Waals surface area contributed by atoms with Crippen LogP contribution in [0.15, 0.2) is 23.1 Å². The Morgan fingerprint density at radius 3 is 2.50 bits per heavy atom. The van der Waals surface area contributed by atoms with Crippen LogP contribution >= 0.6 is 0 Å². The van der Waals surface area contributed by atoms with Crippen molar-refractivity contribution in [2.24, 2.45) is 0 Å². The fourth-order valence-corrected chi connectivity index (χ4v) is 4.29. The van der Waals surface area contributed by atoms with Gasteiger partial charge in [0.2, 0.25) is 0 Å². The zero-order valence-corrected chi connectivity index (χ0v) is 14.7. The molecule has 0 saturated carbocycles. The highest BCUT2D eigenvalue weighted by molar-refractivity contribution is 7.92. The van der Waals surface area contributed by atoms with Crippen LogP contribution in [0.4, 0.5) is 13.6 Å². The third-order valence-corrected chi connectivity index (χ3v) is 5.86. The molecule has 1 amide bonds. The summed E-state index contributed by atoms with van der Waals surface area (Å²) in [5, 5.41) is -0.872. The molecule has 1 heterocycles. The highest BCUT2D eigenvalue weighted by atomic mass is 32.2. The Hall–Kier alpha value is -1.70. The van der Waals surface area contributed by atoms with Crippen LogP contribution in [0.2, 0.25) is 0 Å². The first-order valence-corrected chi connectivity index (χ1v) is 9.22.